The molecule has 0 N–H and O–H groups in total. The van der Waals surface area contributed by atoms with Crippen molar-refractivity contribution in [2.45, 2.75) is 70.8 Å². The van der Waals surface area contributed by atoms with Gasteiger partial charge in [-0.05, 0) is 86.0 Å². The number of ether oxygens (including phenoxy) is 2. The van der Waals surface area contributed by atoms with Crippen LogP contribution in [-0.4, -0.2) is 13.2 Å². The van der Waals surface area contributed by atoms with Crippen LogP contribution in [-0.2, 0) is 4.74 Å². The van der Waals surface area contributed by atoms with Gasteiger partial charge in [-0.2, -0.15) is 4.39 Å². The van der Waals surface area contributed by atoms with E-state index < -0.39 is 11.6 Å². The van der Waals surface area contributed by atoms with Gasteiger partial charge in [0, 0.05) is 5.56 Å². The first-order valence-electron chi connectivity index (χ1n) is 13.0. The van der Waals surface area contributed by atoms with E-state index >= 15 is 0 Å². The normalized spacial score (nSPS) is 25.1. The molecule has 2 unspecified atom stereocenters. The van der Waals surface area contributed by atoms with Crippen LogP contribution in [0.15, 0.2) is 49.1 Å². The molecule has 1 saturated carbocycles. The van der Waals surface area contributed by atoms with Crippen molar-refractivity contribution in [3.8, 4) is 16.9 Å². The Labute approximate surface area is 203 Å². The highest BCUT2D eigenvalue weighted by atomic mass is 19.2. The fourth-order valence-electron chi connectivity index (χ4n) is 5.66. The maximum atomic E-state index is 14.7. The van der Waals surface area contributed by atoms with E-state index in [4.69, 9.17) is 9.47 Å². The molecule has 184 valence electrons. The van der Waals surface area contributed by atoms with Crippen molar-refractivity contribution in [1.82, 2.24) is 0 Å². The molecule has 2 aromatic carbocycles. The molecule has 4 heteroatoms. The van der Waals surface area contributed by atoms with Crippen molar-refractivity contribution < 1.29 is 18.3 Å². The SMILES string of the molecule is C=CCCC1CCC(C2CCC(c3ccc(-c4ccc(OCCC)c(F)c4F)cc3)OC2)CC1. The molecule has 0 spiro atoms. The summed E-state index contributed by atoms with van der Waals surface area (Å²) in [6.45, 7) is 6.97. The molecule has 1 saturated heterocycles. The van der Waals surface area contributed by atoms with Gasteiger partial charge in [-0.3, -0.25) is 0 Å². The summed E-state index contributed by atoms with van der Waals surface area (Å²) >= 11 is 0. The van der Waals surface area contributed by atoms with Crippen LogP contribution in [0.25, 0.3) is 11.1 Å². The molecule has 2 fully saturated rings. The second-order valence-corrected chi connectivity index (χ2v) is 10.0. The van der Waals surface area contributed by atoms with Crippen molar-refractivity contribution in [2.24, 2.45) is 17.8 Å². The van der Waals surface area contributed by atoms with Crippen molar-refractivity contribution in [3.05, 3.63) is 66.3 Å². The Kier molecular flexibility index (Phi) is 8.77. The number of hydrogen-bond donors (Lipinski definition) is 0. The van der Waals surface area contributed by atoms with Gasteiger partial charge in [0.15, 0.2) is 11.6 Å². The van der Waals surface area contributed by atoms with Gasteiger partial charge in [-0.25, -0.2) is 4.39 Å². The summed E-state index contributed by atoms with van der Waals surface area (Å²) in [7, 11) is 0. The molecule has 4 rings (SSSR count). The van der Waals surface area contributed by atoms with Gasteiger partial charge in [-0.15, -0.1) is 6.58 Å². The van der Waals surface area contributed by atoms with E-state index in [2.05, 4.69) is 6.58 Å². The fourth-order valence-corrected chi connectivity index (χ4v) is 5.66. The second kappa shape index (κ2) is 12.0. The Morgan fingerprint density at radius 3 is 2.32 bits per heavy atom. The standard InChI is InChI=1S/C30H38F2O2/c1-3-5-6-21-7-9-22(10-8-21)25-15-17-27(34-20-25)24-13-11-23(12-14-24)26-16-18-28(33-19-4-2)30(32)29(26)31/h3,11-14,16,18,21-22,25,27H,1,4-10,15,17,19-20H2,2H3. The molecule has 0 aromatic heterocycles. The summed E-state index contributed by atoms with van der Waals surface area (Å²) in [4.78, 5) is 0. The molecule has 2 aromatic rings. The third-order valence-corrected chi connectivity index (χ3v) is 7.75. The molecule has 1 heterocycles. The van der Waals surface area contributed by atoms with Gasteiger partial charge in [0.1, 0.15) is 0 Å². The number of benzene rings is 2. The first-order valence-corrected chi connectivity index (χ1v) is 13.0. The van der Waals surface area contributed by atoms with E-state index in [1.165, 1.54) is 44.6 Å². The van der Waals surface area contributed by atoms with E-state index in [0.717, 1.165) is 43.3 Å². The average Bonchev–Trinajstić information content (AvgIpc) is 2.89. The Hall–Kier alpha value is -2.20. The van der Waals surface area contributed by atoms with Gasteiger partial charge in [0.05, 0.1) is 19.3 Å². The van der Waals surface area contributed by atoms with Crippen molar-refractivity contribution >= 4 is 0 Å². The number of halogens is 2. The van der Waals surface area contributed by atoms with E-state index in [1.807, 2.05) is 37.3 Å². The highest BCUT2D eigenvalue weighted by Gasteiger charge is 2.31. The van der Waals surface area contributed by atoms with Crippen LogP contribution in [0.4, 0.5) is 8.78 Å². The van der Waals surface area contributed by atoms with Crippen LogP contribution in [0.5, 0.6) is 5.75 Å². The third-order valence-electron chi connectivity index (χ3n) is 7.75. The molecule has 2 nitrogen and oxygen atoms in total. The van der Waals surface area contributed by atoms with Crippen LogP contribution in [0.3, 0.4) is 0 Å². The largest absolute Gasteiger partial charge is 0.490 e. The van der Waals surface area contributed by atoms with E-state index in [-0.39, 0.29) is 17.4 Å². The molecule has 0 radical (unpaired) electrons. The fraction of sp³-hybridized carbons (Fsp3) is 0.533. The van der Waals surface area contributed by atoms with Gasteiger partial charge < -0.3 is 9.47 Å². The monoisotopic (exact) mass is 468 g/mol. The maximum absolute atomic E-state index is 14.7. The molecule has 0 bridgehead atoms. The average molecular weight is 469 g/mol. The Morgan fingerprint density at radius 1 is 0.941 bits per heavy atom. The Balaban J connectivity index is 1.32. The Bertz CT molecular complexity index is 924. The van der Waals surface area contributed by atoms with Gasteiger partial charge >= 0.3 is 0 Å². The maximum Gasteiger partial charge on any atom is 0.201 e. The van der Waals surface area contributed by atoms with Crippen LogP contribution in [0.1, 0.15) is 76.4 Å². The van der Waals surface area contributed by atoms with Crippen LogP contribution >= 0.6 is 0 Å². The minimum atomic E-state index is -0.925. The highest BCUT2D eigenvalue weighted by Crippen LogP contribution is 2.41. The Morgan fingerprint density at radius 2 is 1.68 bits per heavy atom. The number of rotatable bonds is 9. The summed E-state index contributed by atoms with van der Waals surface area (Å²) in [5.74, 6) is 0.522. The quantitative estimate of drug-likeness (QED) is 0.343. The lowest BCUT2D eigenvalue weighted by molar-refractivity contribution is -0.0404. The van der Waals surface area contributed by atoms with E-state index in [1.54, 1.807) is 6.07 Å². The third kappa shape index (κ3) is 5.89. The zero-order chi connectivity index (χ0) is 23.9. The zero-order valence-corrected chi connectivity index (χ0v) is 20.4. The van der Waals surface area contributed by atoms with Gasteiger partial charge in [-0.1, -0.05) is 50.1 Å². The summed E-state index contributed by atoms with van der Waals surface area (Å²) < 4.78 is 40.6. The molecule has 1 aliphatic carbocycles. The smallest absolute Gasteiger partial charge is 0.201 e. The van der Waals surface area contributed by atoms with Crippen molar-refractivity contribution in [2.75, 3.05) is 13.2 Å². The summed E-state index contributed by atoms with van der Waals surface area (Å²) in [6, 6.07) is 10.8. The molecular formula is C30H38F2O2. The van der Waals surface area contributed by atoms with Crippen molar-refractivity contribution in [3.63, 3.8) is 0 Å². The lowest BCUT2D eigenvalue weighted by Gasteiger charge is -2.38. The molecule has 1 aliphatic heterocycles. The highest BCUT2D eigenvalue weighted by molar-refractivity contribution is 5.65. The topological polar surface area (TPSA) is 18.5 Å². The minimum absolute atomic E-state index is 0.0323. The lowest BCUT2D eigenvalue weighted by Crippen LogP contribution is -2.29. The number of allylic oxidation sites excluding steroid dienone is 1. The molecule has 0 amide bonds. The zero-order valence-electron chi connectivity index (χ0n) is 20.4. The number of hydrogen-bond acceptors (Lipinski definition) is 2. The van der Waals surface area contributed by atoms with Gasteiger partial charge in [0.25, 0.3) is 0 Å². The van der Waals surface area contributed by atoms with Crippen molar-refractivity contribution in [1.29, 1.82) is 0 Å². The molecule has 2 atom stereocenters. The molecule has 2 aliphatic rings. The minimum Gasteiger partial charge on any atom is -0.490 e. The first kappa shape index (κ1) is 24.9. The molecular weight excluding hydrogens is 430 g/mol. The van der Waals surface area contributed by atoms with Crippen LogP contribution in [0.2, 0.25) is 0 Å². The summed E-state index contributed by atoms with van der Waals surface area (Å²) in [6.07, 6.45) is 12.9. The lowest BCUT2D eigenvalue weighted by atomic mass is 9.72. The van der Waals surface area contributed by atoms with E-state index in [0.29, 0.717) is 18.1 Å². The predicted octanol–water partition coefficient (Wildman–Crippen LogP) is 8.66. The van der Waals surface area contributed by atoms with E-state index in [9.17, 15) is 8.78 Å². The first-order chi connectivity index (χ1) is 16.6. The second-order valence-electron chi connectivity index (χ2n) is 10.0. The van der Waals surface area contributed by atoms with Gasteiger partial charge in [0.2, 0.25) is 5.82 Å². The predicted molar refractivity (Wildman–Crippen MR) is 134 cm³/mol. The summed E-state index contributed by atoms with van der Waals surface area (Å²) in [5, 5.41) is 0. The van der Waals surface area contributed by atoms with Crippen LogP contribution in [0, 0.1) is 29.4 Å². The molecule has 34 heavy (non-hydrogen) atoms. The van der Waals surface area contributed by atoms with Crippen LogP contribution < -0.4 is 4.74 Å². The summed E-state index contributed by atoms with van der Waals surface area (Å²) in [5.41, 5.74) is 2.02.